The van der Waals surface area contributed by atoms with Gasteiger partial charge in [-0.1, -0.05) is 48.5 Å². The van der Waals surface area contributed by atoms with Gasteiger partial charge in [-0.3, -0.25) is 14.0 Å². The maximum Gasteiger partial charge on any atom is 0.245 e. The summed E-state index contributed by atoms with van der Waals surface area (Å²) in [5, 5.41) is 3.02. The van der Waals surface area contributed by atoms with Gasteiger partial charge in [-0.15, -0.1) is 11.8 Å². The maximum atomic E-state index is 13.1. The summed E-state index contributed by atoms with van der Waals surface area (Å²) in [5.41, 5.74) is 4.18. The van der Waals surface area contributed by atoms with Crippen LogP contribution in [0, 0.1) is 6.92 Å². The highest BCUT2D eigenvalue weighted by Gasteiger charge is 2.27. The number of imidazole rings is 1. The number of aromatic nitrogens is 2. The van der Waals surface area contributed by atoms with E-state index < -0.39 is 0 Å². The largest absolute Gasteiger partial charge is 0.308 e. The van der Waals surface area contributed by atoms with Crippen LogP contribution in [-0.4, -0.2) is 33.5 Å². The zero-order valence-electron chi connectivity index (χ0n) is 16.9. The standard InChI is InChI=1S/C24H20N4O2S/c1-16-8-7-13-27-23(16)26-22(17-9-3-2-4-10-17)24(27)25-20(29)14-28-18-11-5-6-12-19(18)31-15-21(28)30/h2-13H,14-15H2,1H3,(H,25,29). The molecule has 1 N–H and O–H groups in total. The van der Waals surface area contributed by atoms with E-state index in [0.29, 0.717) is 17.3 Å². The molecule has 0 radical (unpaired) electrons. The van der Waals surface area contributed by atoms with Crippen molar-refractivity contribution in [3.63, 3.8) is 0 Å². The second-order valence-corrected chi connectivity index (χ2v) is 8.36. The van der Waals surface area contributed by atoms with Gasteiger partial charge in [-0.2, -0.15) is 0 Å². The molecule has 5 rings (SSSR count). The summed E-state index contributed by atoms with van der Waals surface area (Å²) in [6.45, 7) is 1.94. The lowest BCUT2D eigenvalue weighted by Gasteiger charge is -2.28. The fourth-order valence-electron chi connectivity index (χ4n) is 3.76. The Balaban J connectivity index is 1.50. The van der Waals surface area contributed by atoms with Gasteiger partial charge in [0.1, 0.15) is 23.7 Å². The quantitative estimate of drug-likeness (QED) is 0.524. The maximum absolute atomic E-state index is 13.1. The minimum atomic E-state index is -0.268. The van der Waals surface area contributed by atoms with Crippen LogP contribution in [-0.2, 0) is 9.59 Å². The molecule has 0 unspecified atom stereocenters. The molecule has 6 nitrogen and oxygen atoms in total. The van der Waals surface area contributed by atoms with Crippen molar-refractivity contribution in [1.82, 2.24) is 9.38 Å². The molecule has 3 heterocycles. The number of anilines is 2. The van der Waals surface area contributed by atoms with E-state index in [4.69, 9.17) is 4.98 Å². The zero-order chi connectivity index (χ0) is 21.4. The number of nitrogens with one attached hydrogen (secondary N) is 1. The summed E-state index contributed by atoms with van der Waals surface area (Å²) in [7, 11) is 0. The van der Waals surface area contributed by atoms with E-state index in [1.54, 1.807) is 4.90 Å². The molecule has 2 aromatic heterocycles. The number of hydrogen-bond donors (Lipinski definition) is 1. The summed E-state index contributed by atoms with van der Waals surface area (Å²) in [6.07, 6.45) is 1.88. The first-order chi connectivity index (χ1) is 15.1. The molecule has 0 aliphatic carbocycles. The van der Waals surface area contributed by atoms with Gasteiger partial charge in [0.25, 0.3) is 0 Å². The number of carbonyl (C=O) groups excluding carboxylic acids is 2. The lowest BCUT2D eigenvalue weighted by atomic mass is 10.1. The first kappa shape index (κ1) is 19.4. The normalized spacial score (nSPS) is 13.3. The molecule has 0 saturated carbocycles. The first-order valence-electron chi connectivity index (χ1n) is 9.97. The van der Waals surface area contributed by atoms with Crippen LogP contribution < -0.4 is 10.2 Å². The summed E-state index contributed by atoms with van der Waals surface area (Å²) < 4.78 is 1.89. The molecule has 4 aromatic rings. The van der Waals surface area contributed by atoms with Crippen LogP contribution in [0.3, 0.4) is 0 Å². The van der Waals surface area contributed by atoms with Crippen LogP contribution >= 0.6 is 11.8 Å². The molecule has 2 amide bonds. The Morgan fingerprint density at radius 3 is 2.68 bits per heavy atom. The van der Waals surface area contributed by atoms with Crippen molar-refractivity contribution in [1.29, 1.82) is 0 Å². The number of carbonyl (C=O) groups is 2. The number of thioether (sulfide) groups is 1. The predicted molar refractivity (Wildman–Crippen MR) is 124 cm³/mol. The molecule has 1 aliphatic heterocycles. The first-order valence-corrected chi connectivity index (χ1v) is 11.0. The number of aryl methyl sites for hydroxylation is 1. The van der Waals surface area contributed by atoms with Gasteiger partial charge in [0.2, 0.25) is 11.8 Å². The Kier molecular flexibility index (Phi) is 4.95. The zero-order valence-corrected chi connectivity index (χ0v) is 17.7. The Morgan fingerprint density at radius 2 is 1.84 bits per heavy atom. The molecule has 0 saturated heterocycles. The van der Waals surface area contributed by atoms with E-state index in [0.717, 1.165) is 27.4 Å². The van der Waals surface area contributed by atoms with E-state index in [-0.39, 0.29) is 18.4 Å². The van der Waals surface area contributed by atoms with Gasteiger partial charge in [-0.25, -0.2) is 4.98 Å². The van der Waals surface area contributed by atoms with Crippen LogP contribution in [0.2, 0.25) is 0 Å². The minimum Gasteiger partial charge on any atom is -0.308 e. The van der Waals surface area contributed by atoms with Crippen molar-refractivity contribution in [3.05, 3.63) is 78.5 Å². The van der Waals surface area contributed by atoms with Crippen LogP contribution in [0.5, 0.6) is 0 Å². The van der Waals surface area contributed by atoms with Gasteiger partial charge in [0, 0.05) is 16.7 Å². The number of rotatable bonds is 4. The predicted octanol–water partition coefficient (Wildman–Crippen LogP) is 4.39. The fraction of sp³-hybridized carbons (Fsp3) is 0.125. The molecular formula is C24H20N4O2S. The smallest absolute Gasteiger partial charge is 0.245 e. The van der Waals surface area contributed by atoms with Crippen LogP contribution in [0.25, 0.3) is 16.9 Å². The Labute approximate surface area is 183 Å². The van der Waals surface area contributed by atoms with Crippen molar-refractivity contribution < 1.29 is 9.59 Å². The summed E-state index contributed by atoms with van der Waals surface area (Å²) in [6, 6.07) is 21.3. The fourth-order valence-corrected chi connectivity index (χ4v) is 4.70. The van der Waals surface area contributed by atoms with Crippen LogP contribution in [0.15, 0.2) is 77.8 Å². The van der Waals surface area contributed by atoms with E-state index >= 15 is 0 Å². The Bertz CT molecular complexity index is 1300. The monoisotopic (exact) mass is 428 g/mol. The van der Waals surface area contributed by atoms with Gasteiger partial charge in [0.05, 0.1) is 11.4 Å². The number of hydrogen-bond acceptors (Lipinski definition) is 4. The van der Waals surface area contributed by atoms with Crippen LogP contribution in [0.4, 0.5) is 11.5 Å². The highest BCUT2D eigenvalue weighted by Crippen LogP contribution is 2.35. The highest BCUT2D eigenvalue weighted by atomic mass is 32.2. The summed E-state index contributed by atoms with van der Waals surface area (Å²) in [5.74, 6) is 0.586. The van der Waals surface area contributed by atoms with E-state index in [1.165, 1.54) is 11.8 Å². The molecule has 0 bridgehead atoms. The molecule has 0 atom stereocenters. The van der Waals surface area contributed by atoms with Gasteiger partial charge in [-0.05, 0) is 30.7 Å². The number of para-hydroxylation sites is 1. The number of nitrogens with zero attached hydrogens (tertiary/aromatic N) is 3. The molecular weight excluding hydrogens is 408 g/mol. The summed E-state index contributed by atoms with van der Waals surface area (Å²) in [4.78, 5) is 33.0. The van der Waals surface area contributed by atoms with Gasteiger partial charge < -0.3 is 10.2 Å². The van der Waals surface area contributed by atoms with E-state index in [2.05, 4.69) is 5.32 Å². The molecule has 0 spiro atoms. The highest BCUT2D eigenvalue weighted by molar-refractivity contribution is 8.00. The van der Waals surface area contributed by atoms with Crippen molar-refractivity contribution in [2.75, 3.05) is 22.5 Å². The number of amides is 2. The topological polar surface area (TPSA) is 66.7 Å². The lowest BCUT2D eigenvalue weighted by Crippen LogP contribution is -2.41. The average molecular weight is 429 g/mol. The van der Waals surface area contributed by atoms with E-state index in [9.17, 15) is 9.59 Å². The third kappa shape index (κ3) is 3.57. The van der Waals surface area contributed by atoms with Crippen LogP contribution in [0.1, 0.15) is 5.56 Å². The summed E-state index contributed by atoms with van der Waals surface area (Å²) >= 11 is 1.50. The van der Waals surface area contributed by atoms with E-state index in [1.807, 2.05) is 84.3 Å². The average Bonchev–Trinajstić information content (AvgIpc) is 3.16. The second-order valence-electron chi connectivity index (χ2n) is 7.34. The van der Waals surface area contributed by atoms with Crippen molar-refractivity contribution >= 4 is 40.7 Å². The molecule has 31 heavy (non-hydrogen) atoms. The van der Waals surface area contributed by atoms with Crippen molar-refractivity contribution in [2.24, 2.45) is 0 Å². The van der Waals surface area contributed by atoms with Crippen molar-refractivity contribution in [2.45, 2.75) is 11.8 Å². The molecule has 7 heteroatoms. The molecule has 0 fully saturated rings. The third-order valence-electron chi connectivity index (χ3n) is 5.26. The third-order valence-corrected chi connectivity index (χ3v) is 6.31. The number of pyridine rings is 1. The Morgan fingerprint density at radius 1 is 1.06 bits per heavy atom. The molecule has 1 aliphatic rings. The molecule has 2 aromatic carbocycles. The second kappa shape index (κ2) is 7.92. The minimum absolute atomic E-state index is 0.0519. The number of benzene rings is 2. The van der Waals surface area contributed by atoms with Gasteiger partial charge >= 0.3 is 0 Å². The number of fused-ring (bicyclic) bond motifs is 2. The van der Waals surface area contributed by atoms with Crippen molar-refractivity contribution in [3.8, 4) is 11.3 Å². The SMILES string of the molecule is Cc1cccn2c(NC(=O)CN3C(=O)CSc4ccccc43)c(-c3ccccc3)nc12. The molecule has 154 valence electrons. The van der Waals surface area contributed by atoms with Gasteiger partial charge in [0.15, 0.2) is 0 Å². The Hall–Kier alpha value is -3.58. The lowest BCUT2D eigenvalue weighted by molar-refractivity contribution is -0.120.